The molecule has 1 unspecified atom stereocenters. The van der Waals surface area contributed by atoms with Gasteiger partial charge in [0.15, 0.2) is 0 Å². The number of hydrogen-bond acceptors (Lipinski definition) is 7. The second kappa shape index (κ2) is 6.16. The molecule has 2 N–H and O–H groups in total. The van der Waals surface area contributed by atoms with Gasteiger partial charge in [0.05, 0.1) is 21.6 Å². The smallest absolute Gasteiger partial charge is 0.301 e. The van der Waals surface area contributed by atoms with E-state index in [1.807, 2.05) is 13.8 Å². The van der Waals surface area contributed by atoms with Crippen LogP contribution >= 0.6 is 0 Å². The van der Waals surface area contributed by atoms with Gasteiger partial charge in [0.1, 0.15) is 11.3 Å². The first-order valence-corrected chi connectivity index (χ1v) is 7.54. The quantitative estimate of drug-likeness (QED) is 0.641. The molecule has 24 heavy (non-hydrogen) atoms. The molecule has 1 aliphatic carbocycles. The summed E-state index contributed by atoms with van der Waals surface area (Å²) in [4.78, 5) is 20.5. The van der Waals surface area contributed by atoms with Gasteiger partial charge < -0.3 is 5.11 Å². The van der Waals surface area contributed by atoms with Crippen LogP contribution in [0.2, 0.25) is 0 Å². The van der Waals surface area contributed by atoms with Crippen LogP contribution in [0.4, 0.5) is 17.1 Å². The summed E-state index contributed by atoms with van der Waals surface area (Å²) in [5, 5.41) is 36.7. The van der Waals surface area contributed by atoms with Crippen LogP contribution in [0.5, 0.6) is 0 Å². The second-order valence-corrected chi connectivity index (χ2v) is 6.80. The summed E-state index contributed by atoms with van der Waals surface area (Å²) in [5.41, 5.74) is 0.874. The highest BCUT2D eigenvalue weighted by Crippen LogP contribution is 2.39. The van der Waals surface area contributed by atoms with Gasteiger partial charge in [-0.15, -0.1) is 0 Å². The Hall–Kier alpha value is -2.55. The minimum atomic E-state index is -1.11. The van der Waals surface area contributed by atoms with E-state index in [9.17, 15) is 25.3 Å². The molecule has 1 aromatic rings. The van der Waals surface area contributed by atoms with Crippen LogP contribution in [0.15, 0.2) is 23.3 Å². The normalized spacial score (nSPS) is 24.6. The molecule has 9 heteroatoms. The lowest BCUT2D eigenvalue weighted by molar-refractivity contribution is -0.393. The Balaban J connectivity index is 2.40. The van der Waals surface area contributed by atoms with Crippen LogP contribution < -0.4 is 5.43 Å². The monoisotopic (exact) mass is 336 g/mol. The molecule has 0 saturated heterocycles. The average molecular weight is 336 g/mol. The Kier molecular flexibility index (Phi) is 4.57. The molecule has 1 aromatic carbocycles. The zero-order valence-corrected chi connectivity index (χ0v) is 13.8. The summed E-state index contributed by atoms with van der Waals surface area (Å²) in [5.74, 6) is 0. The topological polar surface area (TPSA) is 131 Å². The Labute approximate surface area is 138 Å². The molecular weight excluding hydrogens is 316 g/mol. The third kappa shape index (κ3) is 3.51. The van der Waals surface area contributed by atoms with Crippen LogP contribution in [-0.4, -0.2) is 26.3 Å². The molecular formula is C15H20N4O5. The highest BCUT2D eigenvalue weighted by atomic mass is 16.6. The molecule has 0 amide bonds. The number of benzene rings is 1. The van der Waals surface area contributed by atoms with Crippen molar-refractivity contribution in [1.82, 2.24) is 0 Å². The van der Waals surface area contributed by atoms with Gasteiger partial charge in [-0.3, -0.25) is 25.7 Å². The SMILES string of the molecule is CC1(C)CCCC(C)(O)/C1=N/Nc1ccc([N+](=O)[O-])cc1[N+](=O)[O-]. The summed E-state index contributed by atoms with van der Waals surface area (Å²) >= 11 is 0. The molecule has 0 aromatic heterocycles. The van der Waals surface area contributed by atoms with Gasteiger partial charge >= 0.3 is 5.69 Å². The Bertz CT molecular complexity index is 694. The summed E-state index contributed by atoms with van der Waals surface area (Å²) in [6.07, 6.45) is 2.25. The standard InChI is InChI=1S/C15H20N4O5/c1-14(2)7-4-8-15(3,20)13(14)17-16-11-6-5-10(18(21)22)9-12(11)19(23)24/h5-6,9,16,20H,4,7-8H2,1-3H3/b17-13+. The largest absolute Gasteiger partial charge is 0.384 e. The summed E-state index contributed by atoms with van der Waals surface area (Å²) < 4.78 is 0. The number of non-ortho nitro benzene ring substituents is 1. The highest BCUT2D eigenvalue weighted by molar-refractivity contribution is 5.97. The molecule has 2 rings (SSSR count). The van der Waals surface area contributed by atoms with E-state index in [0.29, 0.717) is 12.1 Å². The van der Waals surface area contributed by atoms with Crippen LogP contribution in [0.1, 0.15) is 40.0 Å². The van der Waals surface area contributed by atoms with E-state index in [0.717, 1.165) is 18.9 Å². The number of nitrogens with zero attached hydrogens (tertiary/aromatic N) is 3. The Morgan fingerprint density at radius 2 is 1.83 bits per heavy atom. The number of nitro groups is 2. The zero-order valence-electron chi connectivity index (χ0n) is 13.8. The van der Waals surface area contributed by atoms with Crippen LogP contribution in [-0.2, 0) is 0 Å². The van der Waals surface area contributed by atoms with Crippen molar-refractivity contribution in [2.24, 2.45) is 10.5 Å². The molecule has 0 aliphatic heterocycles. The third-order valence-electron chi connectivity index (χ3n) is 4.29. The lowest BCUT2D eigenvalue weighted by Crippen LogP contribution is -2.48. The van der Waals surface area contributed by atoms with Gasteiger partial charge in [0.2, 0.25) is 0 Å². The minimum absolute atomic E-state index is 0.0373. The van der Waals surface area contributed by atoms with Crippen molar-refractivity contribution >= 4 is 22.8 Å². The maximum Gasteiger partial charge on any atom is 0.301 e. The molecule has 1 fully saturated rings. The molecule has 0 radical (unpaired) electrons. The number of hydrazone groups is 1. The van der Waals surface area contributed by atoms with Crippen molar-refractivity contribution in [3.63, 3.8) is 0 Å². The van der Waals surface area contributed by atoms with Crippen LogP contribution in [0, 0.1) is 25.6 Å². The van der Waals surface area contributed by atoms with Gasteiger partial charge in [-0.2, -0.15) is 5.10 Å². The van der Waals surface area contributed by atoms with Crippen molar-refractivity contribution < 1.29 is 15.0 Å². The fraction of sp³-hybridized carbons (Fsp3) is 0.533. The number of anilines is 1. The van der Waals surface area contributed by atoms with Crippen molar-refractivity contribution in [3.05, 3.63) is 38.4 Å². The summed E-state index contributed by atoms with van der Waals surface area (Å²) in [7, 11) is 0. The van der Waals surface area contributed by atoms with E-state index in [1.54, 1.807) is 6.92 Å². The maximum atomic E-state index is 11.1. The third-order valence-corrected chi connectivity index (χ3v) is 4.29. The first kappa shape index (κ1) is 17.8. The molecule has 0 heterocycles. The van der Waals surface area contributed by atoms with Crippen molar-refractivity contribution in [2.75, 3.05) is 5.43 Å². The van der Waals surface area contributed by atoms with Gasteiger partial charge in [-0.25, -0.2) is 0 Å². The van der Waals surface area contributed by atoms with E-state index in [1.165, 1.54) is 12.1 Å². The fourth-order valence-electron chi connectivity index (χ4n) is 3.11. The van der Waals surface area contributed by atoms with Gasteiger partial charge in [0.25, 0.3) is 5.69 Å². The number of aliphatic hydroxyl groups is 1. The first-order chi connectivity index (χ1) is 11.0. The van der Waals surface area contributed by atoms with E-state index >= 15 is 0 Å². The molecule has 0 bridgehead atoms. The Morgan fingerprint density at radius 1 is 1.17 bits per heavy atom. The van der Waals surface area contributed by atoms with Crippen molar-refractivity contribution in [2.45, 2.75) is 45.6 Å². The second-order valence-electron chi connectivity index (χ2n) is 6.80. The van der Waals surface area contributed by atoms with E-state index in [-0.39, 0.29) is 16.8 Å². The number of nitrogens with one attached hydrogen (secondary N) is 1. The highest BCUT2D eigenvalue weighted by Gasteiger charge is 2.42. The van der Waals surface area contributed by atoms with E-state index < -0.39 is 21.1 Å². The van der Waals surface area contributed by atoms with Crippen molar-refractivity contribution in [1.29, 1.82) is 0 Å². The molecule has 1 aliphatic rings. The number of nitro benzene ring substituents is 2. The molecule has 1 atom stereocenters. The minimum Gasteiger partial charge on any atom is -0.384 e. The van der Waals surface area contributed by atoms with Gasteiger partial charge in [-0.1, -0.05) is 13.8 Å². The number of hydrogen-bond donors (Lipinski definition) is 2. The average Bonchev–Trinajstić information content (AvgIpc) is 2.45. The van der Waals surface area contributed by atoms with Gasteiger partial charge in [-0.05, 0) is 32.3 Å². The lowest BCUT2D eigenvalue weighted by atomic mass is 9.68. The van der Waals surface area contributed by atoms with Crippen LogP contribution in [0.3, 0.4) is 0 Å². The fourth-order valence-corrected chi connectivity index (χ4v) is 3.11. The maximum absolute atomic E-state index is 11.1. The summed E-state index contributed by atoms with van der Waals surface area (Å²) in [6, 6.07) is 3.29. The molecule has 0 spiro atoms. The van der Waals surface area contributed by atoms with Crippen LogP contribution in [0.25, 0.3) is 0 Å². The predicted octanol–water partition coefficient (Wildman–Crippen LogP) is 3.23. The number of rotatable bonds is 4. The van der Waals surface area contributed by atoms with Crippen molar-refractivity contribution in [3.8, 4) is 0 Å². The van der Waals surface area contributed by atoms with Gasteiger partial charge in [0, 0.05) is 11.5 Å². The molecule has 9 nitrogen and oxygen atoms in total. The summed E-state index contributed by atoms with van der Waals surface area (Å²) in [6.45, 7) is 5.56. The molecule has 1 saturated carbocycles. The van der Waals surface area contributed by atoms with E-state index in [4.69, 9.17) is 0 Å². The zero-order chi connectivity index (χ0) is 18.1. The lowest BCUT2D eigenvalue weighted by Gasteiger charge is -2.40. The molecule has 130 valence electrons. The first-order valence-electron chi connectivity index (χ1n) is 7.54. The van der Waals surface area contributed by atoms with E-state index in [2.05, 4.69) is 10.5 Å². The predicted molar refractivity (Wildman–Crippen MR) is 89.1 cm³/mol. The Morgan fingerprint density at radius 3 is 2.38 bits per heavy atom.